The predicted octanol–water partition coefficient (Wildman–Crippen LogP) is 3.63. The molecule has 0 fully saturated rings. The van der Waals surface area contributed by atoms with E-state index in [0.29, 0.717) is 5.92 Å². The third-order valence-electron chi connectivity index (χ3n) is 1.57. The van der Waals surface area contributed by atoms with Gasteiger partial charge < -0.3 is 0 Å². The van der Waals surface area contributed by atoms with E-state index < -0.39 is 0 Å². The van der Waals surface area contributed by atoms with E-state index in [1.165, 1.54) is 12.8 Å². The predicted molar refractivity (Wildman–Crippen MR) is 48.1 cm³/mol. The summed E-state index contributed by atoms with van der Waals surface area (Å²) in [5.74, 6) is 1.48. The molecule has 0 aliphatic heterocycles. The molecule has 1 unspecified atom stereocenters. The Balaban J connectivity index is 3.45. The van der Waals surface area contributed by atoms with Gasteiger partial charge in [0.1, 0.15) is 0 Å². The Kier molecular flexibility index (Phi) is 5.38. The molecule has 0 radical (unpaired) electrons. The summed E-state index contributed by atoms with van der Waals surface area (Å²) in [6, 6.07) is 0. The van der Waals surface area contributed by atoms with Crippen LogP contribution in [0.25, 0.3) is 0 Å². The molecule has 0 aliphatic carbocycles. The number of rotatable bonds is 4. The molecule has 1 atom stereocenters. The van der Waals surface area contributed by atoms with E-state index >= 15 is 0 Å². The van der Waals surface area contributed by atoms with Crippen molar-refractivity contribution in [2.75, 3.05) is 0 Å². The number of allylic oxidation sites excluding steroid dienone is 2. The molecule has 0 saturated heterocycles. The second-order valence-electron chi connectivity index (χ2n) is 3.39. The van der Waals surface area contributed by atoms with Crippen LogP contribution >= 0.6 is 0 Å². The molecule has 0 N–H and O–H groups in total. The quantitative estimate of drug-likeness (QED) is 0.523. The average Bonchev–Trinajstić information content (AvgIpc) is 1.85. The van der Waals surface area contributed by atoms with Gasteiger partial charge in [0.2, 0.25) is 0 Å². The summed E-state index contributed by atoms with van der Waals surface area (Å²) in [7, 11) is 0. The summed E-state index contributed by atoms with van der Waals surface area (Å²) in [4.78, 5) is 0. The van der Waals surface area contributed by atoms with Crippen molar-refractivity contribution in [2.45, 2.75) is 40.5 Å². The number of hydrogen-bond donors (Lipinski definition) is 0. The first-order valence-electron chi connectivity index (χ1n) is 4.35. The Morgan fingerprint density at radius 2 is 1.70 bits per heavy atom. The van der Waals surface area contributed by atoms with Gasteiger partial charge in [-0.2, -0.15) is 0 Å². The van der Waals surface area contributed by atoms with Gasteiger partial charge in [-0.3, -0.25) is 0 Å². The highest BCUT2D eigenvalue weighted by molar-refractivity contribution is 4.88. The van der Waals surface area contributed by atoms with Crippen molar-refractivity contribution in [3.8, 4) is 0 Å². The van der Waals surface area contributed by atoms with Crippen LogP contribution in [0.15, 0.2) is 12.2 Å². The maximum absolute atomic E-state index is 2.33. The fourth-order valence-corrected chi connectivity index (χ4v) is 0.963. The van der Waals surface area contributed by atoms with E-state index in [1.54, 1.807) is 0 Å². The van der Waals surface area contributed by atoms with Gasteiger partial charge in [0.25, 0.3) is 0 Å². The summed E-state index contributed by atoms with van der Waals surface area (Å²) in [5.41, 5.74) is 0. The van der Waals surface area contributed by atoms with Gasteiger partial charge in [0.15, 0.2) is 0 Å². The molecule has 0 rings (SSSR count). The largest absolute Gasteiger partial charge is 0.0857 e. The van der Waals surface area contributed by atoms with E-state index in [0.717, 1.165) is 5.92 Å². The summed E-state index contributed by atoms with van der Waals surface area (Å²) in [6.07, 6.45) is 7.24. The van der Waals surface area contributed by atoms with Gasteiger partial charge >= 0.3 is 0 Å². The maximum atomic E-state index is 2.33. The SMILES string of the molecule is CCCC(C)C=CC(C)C. The lowest BCUT2D eigenvalue weighted by Gasteiger charge is -2.02. The molecule has 0 aromatic heterocycles. The van der Waals surface area contributed by atoms with Crippen LogP contribution in [0.4, 0.5) is 0 Å². The van der Waals surface area contributed by atoms with Crippen molar-refractivity contribution in [2.24, 2.45) is 11.8 Å². The highest BCUT2D eigenvalue weighted by atomic mass is 14.0. The number of hydrogen-bond acceptors (Lipinski definition) is 0. The monoisotopic (exact) mass is 140 g/mol. The van der Waals surface area contributed by atoms with E-state index in [1.807, 2.05) is 0 Å². The fraction of sp³-hybridized carbons (Fsp3) is 0.800. The van der Waals surface area contributed by atoms with Crippen molar-refractivity contribution in [1.29, 1.82) is 0 Å². The van der Waals surface area contributed by atoms with Crippen molar-refractivity contribution >= 4 is 0 Å². The zero-order chi connectivity index (χ0) is 7.98. The molecule has 0 aromatic rings. The van der Waals surface area contributed by atoms with Gasteiger partial charge in [0, 0.05) is 0 Å². The second kappa shape index (κ2) is 5.52. The van der Waals surface area contributed by atoms with Crippen molar-refractivity contribution < 1.29 is 0 Å². The van der Waals surface area contributed by atoms with Crippen LogP contribution in [0, 0.1) is 11.8 Å². The van der Waals surface area contributed by atoms with Crippen molar-refractivity contribution in [1.82, 2.24) is 0 Å². The molecule has 0 spiro atoms. The Morgan fingerprint density at radius 3 is 2.10 bits per heavy atom. The zero-order valence-corrected chi connectivity index (χ0v) is 7.72. The molecule has 0 aliphatic rings. The second-order valence-corrected chi connectivity index (χ2v) is 3.39. The van der Waals surface area contributed by atoms with Crippen molar-refractivity contribution in [3.63, 3.8) is 0 Å². The molecular weight excluding hydrogens is 120 g/mol. The molecule has 0 amide bonds. The molecule has 0 aromatic carbocycles. The first-order valence-corrected chi connectivity index (χ1v) is 4.35. The minimum Gasteiger partial charge on any atom is -0.0857 e. The third kappa shape index (κ3) is 5.87. The van der Waals surface area contributed by atoms with Gasteiger partial charge in [0.05, 0.1) is 0 Å². The highest BCUT2D eigenvalue weighted by Crippen LogP contribution is 2.07. The van der Waals surface area contributed by atoms with Crippen LogP contribution in [0.2, 0.25) is 0 Å². The van der Waals surface area contributed by atoms with E-state index in [4.69, 9.17) is 0 Å². The lowest BCUT2D eigenvalue weighted by atomic mass is 10.0. The van der Waals surface area contributed by atoms with Gasteiger partial charge in [-0.25, -0.2) is 0 Å². The molecule has 0 bridgehead atoms. The Bertz CT molecular complexity index is 90.2. The van der Waals surface area contributed by atoms with Crippen LogP contribution in [0.5, 0.6) is 0 Å². The van der Waals surface area contributed by atoms with E-state index in [2.05, 4.69) is 39.8 Å². The van der Waals surface area contributed by atoms with E-state index in [9.17, 15) is 0 Å². The van der Waals surface area contributed by atoms with Crippen molar-refractivity contribution in [3.05, 3.63) is 12.2 Å². The topological polar surface area (TPSA) is 0 Å². The third-order valence-corrected chi connectivity index (χ3v) is 1.57. The molecule has 0 saturated carbocycles. The lowest BCUT2D eigenvalue weighted by molar-refractivity contribution is 0.627. The van der Waals surface area contributed by atoms with Gasteiger partial charge in [-0.1, -0.05) is 46.3 Å². The summed E-state index contributed by atoms with van der Waals surface area (Å²) < 4.78 is 0. The Labute approximate surface area is 65.3 Å². The first-order chi connectivity index (χ1) is 4.66. The normalized spacial score (nSPS) is 14.9. The molecular formula is C10H20. The molecule has 60 valence electrons. The first kappa shape index (κ1) is 9.74. The summed E-state index contributed by atoms with van der Waals surface area (Å²) in [6.45, 7) is 8.95. The van der Waals surface area contributed by atoms with Gasteiger partial charge in [-0.05, 0) is 18.3 Å². The maximum Gasteiger partial charge on any atom is -0.0262 e. The summed E-state index contributed by atoms with van der Waals surface area (Å²) in [5, 5.41) is 0. The molecule has 0 heterocycles. The Morgan fingerprint density at radius 1 is 1.10 bits per heavy atom. The fourth-order valence-electron chi connectivity index (χ4n) is 0.963. The van der Waals surface area contributed by atoms with E-state index in [-0.39, 0.29) is 0 Å². The van der Waals surface area contributed by atoms with Crippen LogP contribution in [-0.4, -0.2) is 0 Å². The summed E-state index contributed by atoms with van der Waals surface area (Å²) >= 11 is 0. The van der Waals surface area contributed by atoms with Gasteiger partial charge in [-0.15, -0.1) is 0 Å². The van der Waals surface area contributed by atoms with Crippen LogP contribution < -0.4 is 0 Å². The standard InChI is InChI=1S/C10H20/c1-5-6-10(4)8-7-9(2)3/h7-10H,5-6H2,1-4H3. The van der Waals surface area contributed by atoms with Crippen LogP contribution in [-0.2, 0) is 0 Å². The van der Waals surface area contributed by atoms with Crippen LogP contribution in [0.1, 0.15) is 40.5 Å². The molecule has 0 nitrogen and oxygen atoms in total. The minimum absolute atomic E-state index is 0.708. The highest BCUT2D eigenvalue weighted by Gasteiger charge is 1.93. The molecule has 10 heavy (non-hydrogen) atoms. The smallest absolute Gasteiger partial charge is 0.0262 e. The average molecular weight is 140 g/mol. The van der Waals surface area contributed by atoms with Crippen LogP contribution in [0.3, 0.4) is 0 Å². The molecule has 0 heteroatoms. The Hall–Kier alpha value is -0.260. The lowest BCUT2D eigenvalue weighted by Crippen LogP contribution is -1.88. The zero-order valence-electron chi connectivity index (χ0n) is 7.72. The minimum atomic E-state index is 0.708.